The van der Waals surface area contributed by atoms with Gasteiger partial charge < -0.3 is 9.84 Å². The topological polar surface area (TPSA) is 46.5 Å². The first-order valence-corrected chi connectivity index (χ1v) is 5.91. The molecule has 4 heteroatoms. The van der Waals surface area contributed by atoms with Crippen LogP contribution in [0.3, 0.4) is 0 Å². The van der Waals surface area contributed by atoms with Crippen molar-refractivity contribution in [3.8, 4) is 16.2 Å². The number of methoxy groups -OCH3 is 1. The molecule has 3 nitrogen and oxygen atoms in total. The van der Waals surface area contributed by atoms with Gasteiger partial charge in [-0.1, -0.05) is 11.6 Å². The van der Waals surface area contributed by atoms with Crippen LogP contribution < -0.4 is 4.74 Å². The summed E-state index contributed by atoms with van der Waals surface area (Å²) in [5.41, 5.74) is 2.05. The van der Waals surface area contributed by atoms with E-state index in [4.69, 9.17) is 9.84 Å². The van der Waals surface area contributed by atoms with Gasteiger partial charge in [0, 0.05) is 10.4 Å². The first kappa shape index (κ1) is 11.7. The molecule has 0 atom stereocenters. The molecule has 2 aromatic rings. The fourth-order valence-electron chi connectivity index (χ4n) is 1.61. The van der Waals surface area contributed by atoms with E-state index in [1.54, 1.807) is 13.2 Å². The molecule has 0 aliphatic rings. The summed E-state index contributed by atoms with van der Waals surface area (Å²) in [5, 5.41) is 8.91. The van der Waals surface area contributed by atoms with E-state index in [9.17, 15) is 4.79 Å². The lowest BCUT2D eigenvalue weighted by atomic mass is 10.1. The van der Waals surface area contributed by atoms with Crippen molar-refractivity contribution in [1.82, 2.24) is 0 Å². The van der Waals surface area contributed by atoms with Crippen LogP contribution in [0, 0.1) is 6.92 Å². The Bertz CT molecular complexity index is 558. The minimum absolute atomic E-state index is 0.337. The predicted octanol–water partition coefficient (Wildman–Crippen LogP) is 3.43. The van der Waals surface area contributed by atoms with Gasteiger partial charge in [-0.05, 0) is 31.2 Å². The van der Waals surface area contributed by atoms with Gasteiger partial charge in [-0.15, -0.1) is 11.3 Å². The number of carbonyl (C=O) groups is 1. The van der Waals surface area contributed by atoms with Crippen LogP contribution >= 0.6 is 11.3 Å². The zero-order chi connectivity index (χ0) is 12.4. The van der Waals surface area contributed by atoms with E-state index in [0.717, 1.165) is 21.8 Å². The molecule has 0 spiro atoms. The Balaban J connectivity index is 2.51. The second-order valence-corrected chi connectivity index (χ2v) is 4.76. The Morgan fingerprint density at radius 3 is 2.65 bits per heavy atom. The van der Waals surface area contributed by atoms with Gasteiger partial charge >= 0.3 is 5.97 Å². The molecule has 1 N–H and O–H groups in total. The Labute approximate surface area is 103 Å². The third kappa shape index (κ3) is 2.31. The van der Waals surface area contributed by atoms with Gasteiger partial charge in [0.15, 0.2) is 0 Å². The van der Waals surface area contributed by atoms with Crippen molar-refractivity contribution in [2.45, 2.75) is 6.92 Å². The second-order valence-electron chi connectivity index (χ2n) is 3.67. The maximum absolute atomic E-state index is 10.8. The number of hydrogen-bond acceptors (Lipinski definition) is 3. The fourth-order valence-corrected chi connectivity index (χ4v) is 2.48. The molecule has 0 amide bonds. The summed E-state index contributed by atoms with van der Waals surface area (Å²) in [6.07, 6.45) is 0. The molecule has 0 unspecified atom stereocenters. The van der Waals surface area contributed by atoms with E-state index in [0.29, 0.717) is 4.88 Å². The van der Waals surface area contributed by atoms with Crippen LogP contribution in [0.5, 0.6) is 5.75 Å². The lowest BCUT2D eigenvalue weighted by molar-refractivity contribution is 0.0702. The highest BCUT2D eigenvalue weighted by Crippen LogP contribution is 2.35. The molecule has 0 aliphatic heterocycles. The number of thiophene rings is 1. The summed E-state index contributed by atoms with van der Waals surface area (Å²) in [6.45, 7) is 1.99. The van der Waals surface area contributed by atoms with Crippen LogP contribution in [0.15, 0.2) is 30.3 Å². The van der Waals surface area contributed by atoms with Gasteiger partial charge in [0.25, 0.3) is 0 Å². The summed E-state index contributed by atoms with van der Waals surface area (Å²) < 4.78 is 5.28. The molecule has 88 valence electrons. The molecular formula is C13H12O3S. The van der Waals surface area contributed by atoms with Crippen LogP contribution in [-0.4, -0.2) is 18.2 Å². The number of aryl methyl sites for hydroxylation is 1. The van der Waals surface area contributed by atoms with E-state index < -0.39 is 5.97 Å². The van der Waals surface area contributed by atoms with E-state index in [1.165, 1.54) is 11.3 Å². The van der Waals surface area contributed by atoms with Crippen molar-refractivity contribution < 1.29 is 14.6 Å². The van der Waals surface area contributed by atoms with Gasteiger partial charge in [-0.25, -0.2) is 4.79 Å². The number of carboxylic acids is 1. The third-order valence-electron chi connectivity index (χ3n) is 2.44. The van der Waals surface area contributed by atoms with Gasteiger partial charge in [0.2, 0.25) is 0 Å². The summed E-state index contributed by atoms with van der Waals surface area (Å²) in [7, 11) is 1.61. The number of aromatic carboxylic acids is 1. The first-order valence-electron chi connectivity index (χ1n) is 5.10. The van der Waals surface area contributed by atoms with Crippen molar-refractivity contribution in [3.63, 3.8) is 0 Å². The number of rotatable bonds is 3. The van der Waals surface area contributed by atoms with Crippen molar-refractivity contribution in [2.24, 2.45) is 0 Å². The molecule has 1 heterocycles. The van der Waals surface area contributed by atoms with Crippen LogP contribution in [0.2, 0.25) is 0 Å². The molecule has 17 heavy (non-hydrogen) atoms. The van der Waals surface area contributed by atoms with Crippen molar-refractivity contribution in [3.05, 3.63) is 40.8 Å². The number of hydrogen-bond donors (Lipinski definition) is 1. The minimum atomic E-state index is -0.895. The molecule has 0 bridgehead atoms. The molecule has 0 fully saturated rings. The van der Waals surface area contributed by atoms with Crippen molar-refractivity contribution >= 4 is 17.3 Å². The van der Waals surface area contributed by atoms with Crippen LogP contribution in [0.25, 0.3) is 10.4 Å². The van der Waals surface area contributed by atoms with Crippen molar-refractivity contribution in [1.29, 1.82) is 0 Å². The second kappa shape index (κ2) is 4.59. The third-order valence-corrected chi connectivity index (χ3v) is 3.54. The first-order chi connectivity index (χ1) is 8.11. The largest absolute Gasteiger partial charge is 0.496 e. The van der Waals surface area contributed by atoms with Gasteiger partial charge in [-0.2, -0.15) is 0 Å². The van der Waals surface area contributed by atoms with E-state index in [2.05, 4.69) is 0 Å². The van der Waals surface area contributed by atoms with Gasteiger partial charge in [0.1, 0.15) is 10.6 Å². The summed E-state index contributed by atoms with van der Waals surface area (Å²) >= 11 is 1.25. The summed E-state index contributed by atoms with van der Waals surface area (Å²) in [4.78, 5) is 12.1. The molecule has 1 aromatic heterocycles. The Kier molecular flexibility index (Phi) is 3.15. The monoisotopic (exact) mass is 248 g/mol. The fraction of sp³-hybridized carbons (Fsp3) is 0.154. The standard InChI is InChI=1S/C13H12O3S/c1-8-3-4-10(16-2)9(7-8)11-5-6-12(17-11)13(14)15/h3-7H,1-2H3,(H,14,15). The van der Waals surface area contributed by atoms with Crippen LogP contribution in [0.4, 0.5) is 0 Å². The number of carboxylic acid groups (broad SMARTS) is 1. The average molecular weight is 248 g/mol. The SMILES string of the molecule is COc1ccc(C)cc1-c1ccc(C(=O)O)s1. The van der Waals surface area contributed by atoms with E-state index >= 15 is 0 Å². The molecule has 0 saturated carbocycles. The Morgan fingerprint density at radius 1 is 1.29 bits per heavy atom. The van der Waals surface area contributed by atoms with Gasteiger partial charge in [-0.3, -0.25) is 0 Å². The quantitative estimate of drug-likeness (QED) is 0.905. The lowest BCUT2D eigenvalue weighted by Gasteiger charge is -2.07. The smallest absolute Gasteiger partial charge is 0.345 e. The number of benzene rings is 1. The lowest BCUT2D eigenvalue weighted by Crippen LogP contribution is -1.89. The molecule has 0 aliphatic carbocycles. The van der Waals surface area contributed by atoms with E-state index in [-0.39, 0.29) is 0 Å². The van der Waals surface area contributed by atoms with Crippen molar-refractivity contribution in [2.75, 3.05) is 7.11 Å². The zero-order valence-electron chi connectivity index (χ0n) is 9.56. The predicted molar refractivity (Wildman–Crippen MR) is 68.0 cm³/mol. The zero-order valence-corrected chi connectivity index (χ0v) is 10.4. The minimum Gasteiger partial charge on any atom is -0.496 e. The van der Waals surface area contributed by atoms with Crippen LogP contribution in [-0.2, 0) is 0 Å². The number of ether oxygens (including phenoxy) is 1. The Morgan fingerprint density at radius 2 is 2.06 bits per heavy atom. The molecule has 2 rings (SSSR count). The normalized spacial score (nSPS) is 10.2. The van der Waals surface area contributed by atoms with Gasteiger partial charge in [0.05, 0.1) is 7.11 Å². The maximum atomic E-state index is 10.8. The molecule has 0 saturated heterocycles. The molecular weight excluding hydrogens is 236 g/mol. The average Bonchev–Trinajstić information content (AvgIpc) is 2.78. The summed E-state index contributed by atoms with van der Waals surface area (Å²) in [5.74, 6) is -0.137. The van der Waals surface area contributed by atoms with Crippen LogP contribution in [0.1, 0.15) is 15.2 Å². The molecule has 1 aromatic carbocycles. The summed E-state index contributed by atoms with van der Waals surface area (Å²) in [6, 6.07) is 9.28. The Hall–Kier alpha value is -1.81. The highest BCUT2D eigenvalue weighted by molar-refractivity contribution is 7.17. The molecule has 0 radical (unpaired) electrons. The highest BCUT2D eigenvalue weighted by atomic mass is 32.1. The van der Waals surface area contributed by atoms with E-state index in [1.807, 2.05) is 31.2 Å². The maximum Gasteiger partial charge on any atom is 0.345 e. The highest BCUT2D eigenvalue weighted by Gasteiger charge is 2.11.